The number of halogens is 2. The van der Waals surface area contributed by atoms with Crippen molar-refractivity contribution in [3.8, 4) is 11.5 Å². The van der Waals surface area contributed by atoms with Gasteiger partial charge in [-0.2, -0.15) is 0 Å². The molecule has 2 N–H and O–H groups in total. The number of anilines is 5. The van der Waals surface area contributed by atoms with Gasteiger partial charge in [-0.25, -0.2) is 14.8 Å². The number of aromatic nitrogens is 2. The van der Waals surface area contributed by atoms with Crippen LogP contribution in [0.2, 0.25) is 10.0 Å². The van der Waals surface area contributed by atoms with E-state index in [0.29, 0.717) is 13.2 Å². The first-order valence-electron chi connectivity index (χ1n) is 12.1. The van der Waals surface area contributed by atoms with Crippen LogP contribution in [-0.4, -0.2) is 67.5 Å². The zero-order valence-electron chi connectivity index (χ0n) is 21.7. The molecular weight excluding hydrogens is 565 g/mol. The van der Waals surface area contributed by atoms with Crippen molar-refractivity contribution < 1.29 is 23.9 Å². The lowest BCUT2D eigenvalue weighted by atomic mass is 10.2. The van der Waals surface area contributed by atoms with E-state index in [4.69, 9.17) is 37.4 Å². The van der Waals surface area contributed by atoms with E-state index in [1.165, 1.54) is 44.6 Å². The lowest BCUT2D eigenvalue weighted by molar-refractivity contribution is -0.383. The molecule has 1 aromatic heterocycles. The number of rotatable bonds is 8. The Morgan fingerprint density at radius 1 is 1.18 bits per heavy atom. The highest BCUT2D eigenvalue weighted by molar-refractivity contribution is 6.41. The molecule has 2 aliphatic heterocycles. The van der Waals surface area contributed by atoms with Crippen LogP contribution in [0.1, 0.15) is 6.42 Å². The quantitative estimate of drug-likeness (QED) is 0.269. The smallest absolute Gasteiger partial charge is 0.327 e. The largest absolute Gasteiger partial charge is 0.495 e. The highest BCUT2D eigenvalue weighted by Crippen LogP contribution is 2.44. The summed E-state index contributed by atoms with van der Waals surface area (Å²) in [6.07, 6.45) is 2.31. The highest BCUT2D eigenvalue weighted by atomic mass is 35.5. The van der Waals surface area contributed by atoms with Crippen molar-refractivity contribution in [2.24, 2.45) is 0 Å². The summed E-state index contributed by atoms with van der Waals surface area (Å²) >= 11 is 12.7. The minimum atomic E-state index is -0.622. The van der Waals surface area contributed by atoms with Crippen LogP contribution in [0.5, 0.6) is 11.5 Å². The number of urea groups is 1. The van der Waals surface area contributed by atoms with Gasteiger partial charge in [0.05, 0.1) is 43.6 Å². The fourth-order valence-corrected chi connectivity index (χ4v) is 5.29. The number of hydrogen-bond donors (Lipinski definition) is 2. The number of nitro groups is 1. The Kier molecular flexibility index (Phi) is 7.70. The average Bonchev–Trinajstić information content (AvgIpc) is 3.59. The third kappa shape index (κ3) is 5.22. The van der Waals surface area contributed by atoms with Crippen LogP contribution in [0.4, 0.5) is 39.2 Å². The van der Waals surface area contributed by atoms with Crippen molar-refractivity contribution in [1.82, 2.24) is 9.97 Å². The number of nitrogens with zero attached hydrogens (tertiary/aromatic N) is 5. The van der Waals surface area contributed by atoms with E-state index in [9.17, 15) is 14.9 Å². The number of hydrogen-bond acceptors (Lipinski definition) is 10. The van der Waals surface area contributed by atoms with Crippen LogP contribution in [0, 0.1) is 10.1 Å². The SMILES string of the molecule is COc1cc(OC)c(Cl)c(NC(=O)N(C)c2cc(Nc3ccc(N4C[C@H]5C[C@@H]4CO5)cc3[N+](=O)[O-])ncn2)c1Cl. The first kappa shape index (κ1) is 27.5. The number of nitrogens with one attached hydrogen (secondary N) is 2. The monoisotopic (exact) mass is 589 g/mol. The molecule has 0 spiro atoms. The van der Waals surface area contributed by atoms with Gasteiger partial charge in [-0.05, 0) is 18.6 Å². The Bertz CT molecular complexity index is 1450. The van der Waals surface area contributed by atoms with Crippen molar-refractivity contribution in [2.45, 2.75) is 18.6 Å². The van der Waals surface area contributed by atoms with Crippen molar-refractivity contribution in [1.29, 1.82) is 0 Å². The van der Waals surface area contributed by atoms with Crippen LogP contribution < -0.4 is 29.9 Å². The first-order chi connectivity index (χ1) is 19.2. The third-order valence-corrected chi connectivity index (χ3v) is 7.53. The van der Waals surface area contributed by atoms with Crippen molar-refractivity contribution in [2.75, 3.05) is 54.9 Å². The van der Waals surface area contributed by atoms with Crippen LogP contribution in [0.15, 0.2) is 36.7 Å². The Labute approximate surface area is 239 Å². The Balaban J connectivity index is 1.35. The molecule has 5 rings (SSSR count). The van der Waals surface area contributed by atoms with Crippen LogP contribution in [-0.2, 0) is 4.74 Å². The van der Waals surface area contributed by atoms with Gasteiger partial charge in [0, 0.05) is 37.5 Å². The summed E-state index contributed by atoms with van der Waals surface area (Å²) < 4.78 is 16.1. The second-order valence-electron chi connectivity index (χ2n) is 9.12. The first-order valence-corrected chi connectivity index (χ1v) is 12.9. The van der Waals surface area contributed by atoms with Crippen molar-refractivity contribution in [3.05, 3.63) is 56.8 Å². The molecule has 2 saturated heterocycles. The lowest BCUT2D eigenvalue weighted by Crippen LogP contribution is -2.36. The van der Waals surface area contributed by atoms with Crippen molar-refractivity contribution >= 4 is 63.6 Å². The molecule has 0 saturated carbocycles. The molecule has 2 bridgehead atoms. The number of fused-ring (bicyclic) bond motifs is 2. The fraction of sp³-hybridized carbons (Fsp3) is 0.320. The van der Waals surface area contributed by atoms with Gasteiger partial charge in [-0.15, -0.1) is 0 Å². The van der Waals surface area contributed by atoms with Gasteiger partial charge in [-0.1, -0.05) is 23.2 Å². The lowest BCUT2D eigenvalue weighted by Gasteiger charge is -2.29. The minimum Gasteiger partial charge on any atom is -0.495 e. The molecule has 2 fully saturated rings. The van der Waals surface area contributed by atoms with Gasteiger partial charge < -0.3 is 29.7 Å². The maximum absolute atomic E-state index is 13.1. The number of morpholine rings is 1. The summed E-state index contributed by atoms with van der Waals surface area (Å²) in [6.45, 7) is 1.32. The molecule has 210 valence electrons. The molecular formula is C25H25Cl2N7O6. The van der Waals surface area contributed by atoms with E-state index in [1.54, 1.807) is 12.1 Å². The van der Waals surface area contributed by atoms with Gasteiger partial charge in [0.25, 0.3) is 5.69 Å². The molecule has 0 aliphatic carbocycles. The second kappa shape index (κ2) is 11.2. The molecule has 13 nitrogen and oxygen atoms in total. The molecule has 2 aliphatic rings. The number of nitro benzene ring substituents is 1. The normalized spacial score (nSPS) is 17.5. The number of ether oxygens (including phenoxy) is 3. The topological polar surface area (TPSA) is 144 Å². The number of amides is 2. The van der Waals surface area contributed by atoms with Gasteiger partial charge in [0.15, 0.2) is 0 Å². The minimum absolute atomic E-state index is 0.0881. The third-order valence-electron chi connectivity index (χ3n) is 6.78. The predicted octanol–water partition coefficient (Wildman–Crippen LogP) is 5.10. The number of methoxy groups -OCH3 is 2. The fourth-order valence-electron chi connectivity index (χ4n) is 4.70. The standard InChI is InChI=1S/C25H25Cl2N7O6/c1-32(25(35)31-24-22(26)18(38-2)8-19(39-3)23(24)27)21-9-20(28-12-29-21)30-16-5-4-13(7-17(16)34(36)37)33-10-15-6-14(33)11-40-15/h4-5,7-9,12,14-15H,6,10-11H2,1-3H3,(H,31,35)(H,28,29,30)/t14-,15-/m1/s1. The molecule has 0 unspecified atom stereocenters. The zero-order chi connectivity index (χ0) is 28.6. The van der Waals surface area contributed by atoms with E-state index in [-0.39, 0.29) is 62.4 Å². The second-order valence-corrected chi connectivity index (χ2v) is 9.87. The maximum atomic E-state index is 13.1. The summed E-state index contributed by atoms with van der Waals surface area (Å²) in [5, 5.41) is 17.7. The Morgan fingerprint density at radius 3 is 2.50 bits per heavy atom. The van der Waals surface area contributed by atoms with Crippen LogP contribution in [0.25, 0.3) is 0 Å². The summed E-state index contributed by atoms with van der Waals surface area (Å²) in [5.74, 6) is 0.956. The van der Waals surface area contributed by atoms with E-state index in [2.05, 4.69) is 25.5 Å². The number of carbonyl (C=O) groups excluding carboxylic acids is 1. The molecule has 2 atom stereocenters. The molecule has 3 aromatic rings. The highest BCUT2D eigenvalue weighted by Gasteiger charge is 2.39. The summed E-state index contributed by atoms with van der Waals surface area (Å²) in [6, 6.07) is 7.58. The summed E-state index contributed by atoms with van der Waals surface area (Å²) in [4.78, 5) is 36.2. The molecule has 15 heteroatoms. The van der Waals surface area contributed by atoms with Gasteiger partial charge in [-0.3, -0.25) is 15.0 Å². The van der Waals surface area contributed by atoms with Gasteiger partial charge >= 0.3 is 6.03 Å². The average molecular weight is 590 g/mol. The molecule has 0 radical (unpaired) electrons. The van der Waals surface area contributed by atoms with Gasteiger partial charge in [0.1, 0.15) is 45.2 Å². The zero-order valence-corrected chi connectivity index (χ0v) is 23.2. The Morgan fingerprint density at radius 2 is 1.90 bits per heavy atom. The van der Waals surface area contributed by atoms with E-state index < -0.39 is 11.0 Å². The number of benzene rings is 2. The van der Waals surface area contributed by atoms with E-state index in [1.807, 2.05) is 6.07 Å². The maximum Gasteiger partial charge on any atom is 0.327 e. The van der Waals surface area contributed by atoms with Gasteiger partial charge in [0.2, 0.25) is 0 Å². The number of carbonyl (C=O) groups is 1. The van der Waals surface area contributed by atoms with Crippen LogP contribution in [0.3, 0.4) is 0 Å². The molecule has 2 aromatic carbocycles. The summed E-state index contributed by atoms with van der Waals surface area (Å²) in [7, 11) is 4.32. The molecule has 40 heavy (non-hydrogen) atoms. The molecule has 3 heterocycles. The van der Waals surface area contributed by atoms with E-state index >= 15 is 0 Å². The van der Waals surface area contributed by atoms with E-state index in [0.717, 1.165) is 12.1 Å². The van der Waals surface area contributed by atoms with Crippen LogP contribution >= 0.6 is 23.2 Å². The Hall–Kier alpha value is -4.07. The predicted molar refractivity (Wildman–Crippen MR) is 151 cm³/mol. The molecule has 2 amide bonds. The van der Waals surface area contributed by atoms with Crippen molar-refractivity contribution in [3.63, 3.8) is 0 Å². The summed E-state index contributed by atoms with van der Waals surface area (Å²) in [5.41, 5.74) is 0.994.